The minimum Gasteiger partial charge on any atom is -0.492 e. The molecule has 0 heterocycles. The van der Waals surface area contributed by atoms with E-state index in [1.807, 2.05) is 45.0 Å². The van der Waals surface area contributed by atoms with E-state index >= 15 is 0 Å². The lowest BCUT2D eigenvalue weighted by molar-refractivity contribution is 0.0527. The Labute approximate surface area is 145 Å². The Morgan fingerprint density at radius 3 is 2.54 bits per heavy atom. The number of hydrogen-bond donors (Lipinski definition) is 2. The number of alkyl carbamates (subject to hydrolysis) is 1. The largest absolute Gasteiger partial charge is 0.492 e. The second-order valence-electron chi connectivity index (χ2n) is 7.36. The first-order valence-electron chi connectivity index (χ1n) is 8.62. The van der Waals surface area contributed by atoms with Crippen LogP contribution in [0.25, 0.3) is 0 Å². The number of amides is 1. The Balaban J connectivity index is 2.41. The van der Waals surface area contributed by atoms with E-state index in [9.17, 15) is 4.79 Å². The fraction of sp³-hybridized carbons (Fsp3) is 0.632. The van der Waals surface area contributed by atoms with Gasteiger partial charge in [-0.3, -0.25) is 0 Å². The molecule has 0 spiro atoms. The van der Waals surface area contributed by atoms with Crippen LogP contribution in [0.1, 0.15) is 46.6 Å². The van der Waals surface area contributed by atoms with Crippen LogP contribution in [0.3, 0.4) is 0 Å². The lowest BCUT2D eigenvalue weighted by Crippen LogP contribution is -2.33. The number of ether oxygens (including phenoxy) is 2. The summed E-state index contributed by atoms with van der Waals surface area (Å²) in [5, 5.41) is 2.77. The summed E-state index contributed by atoms with van der Waals surface area (Å²) in [6.07, 6.45) is 1.26. The molecule has 1 atom stereocenters. The van der Waals surface area contributed by atoms with Crippen molar-refractivity contribution >= 4 is 6.09 Å². The van der Waals surface area contributed by atoms with Crippen LogP contribution in [0.15, 0.2) is 24.3 Å². The van der Waals surface area contributed by atoms with Crippen molar-refractivity contribution in [1.82, 2.24) is 5.32 Å². The molecule has 1 aromatic carbocycles. The van der Waals surface area contributed by atoms with Crippen molar-refractivity contribution in [3.8, 4) is 5.75 Å². The van der Waals surface area contributed by atoms with E-state index in [-0.39, 0.29) is 12.1 Å². The number of nitrogens with two attached hydrogens (primary N) is 1. The van der Waals surface area contributed by atoms with Crippen molar-refractivity contribution in [1.29, 1.82) is 0 Å². The van der Waals surface area contributed by atoms with Crippen LogP contribution >= 0.6 is 0 Å². The number of hydrogen-bond acceptors (Lipinski definition) is 4. The van der Waals surface area contributed by atoms with Crippen molar-refractivity contribution in [2.24, 2.45) is 11.7 Å². The Morgan fingerprint density at radius 1 is 1.25 bits per heavy atom. The molecule has 0 fully saturated rings. The summed E-state index contributed by atoms with van der Waals surface area (Å²) >= 11 is 0. The first-order chi connectivity index (χ1) is 11.2. The lowest BCUT2D eigenvalue weighted by Gasteiger charge is -2.20. The molecule has 0 aliphatic heterocycles. The Morgan fingerprint density at radius 2 is 1.92 bits per heavy atom. The molecule has 5 nitrogen and oxygen atoms in total. The van der Waals surface area contributed by atoms with Crippen molar-refractivity contribution in [2.45, 2.75) is 59.1 Å². The fourth-order valence-electron chi connectivity index (χ4n) is 2.01. The van der Waals surface area contributed by atoms with Crippen LogP contribution in [0.2, 0.25) is 0 Å². The molecule has 5 heteroatoms. The van der Waals surface area contributed by atoms with Crippen LogP contribution in [-0.2, 0) is 11.2 Å². The van der Waals surface area contributed by atoms with Gasteiger partial charge < -0.3 is 20.5 Å². The van der Waals surface area contributed by atoms with Crippen LogP contribution in [-0.4, -0.2) is 30.9 Å². The summed E-state index contributed by atoms with van der Waals surface area (Å²) in [7, 11) is 0. The molecule has 0 aliphatic carbocycles. The lowest BCUT2D eigenvalue weighted by atomic mass is 10.1. The van der Waals surface area contributed by atoms with E-state index < -0.39 is 5.60 Å². The average molecular weight is 336 g/mol. The molecule has 1 aromatic rings. The number of rotatable bonds is 8. The summed E-state index contributed by atoms with van der Waals surface area (Å²) in [4.78, 5) is 11.6. The van der Waals surface area contributed by atoms with Crippen molar-refractivity contribution in [2.75, 3.05) is 13.2 Å². The zero-order valence-corrected chi connectivity index (χ0v) is 15.6. The average Bonchev–Trinajstić information content (AvgIpc) is 2.48. The van der Waals surface area contributed by atoms with Crippen LogP contribution in [0.5, 0.6) is 5.75 Å². The monoisotopic (exact) mass is 336 g/mol. The highest BCUT2D eigenvalue weighted by atomic mass is 16.6. The van der Waals surface area contributed by atoms with E-state index in [4.69, 9.17) is 15.2 Å². The zero-order chi connectivity index (χ0) is 18.2. The number of aryl methyl sites for hydroxylation is 1. The normalized spacial score (nSPS) is 12.8. The smallest absolute Gasteiger partial charge is 0.407 e. The van der Waals surface area contributed by atoms with Gasteiger partial charge in [-0.05, 0) is 51.2 Å². The Bertz CT molecular complexity index is 510. The molecule has 0 aromatic heterocycles. The quantitative estimate of drug-likeness (QED) is 0.713. The summed E-state index contributed by atoms with van der Waals surface area (Å²) in [5.74, 6) is 1.25. The fourth-order valence-corrected chi connectivity index (χ4v) is 2.01. The van der Waals surface area contributed by atoms with Gasteiger partial charge in [0.15, 0.2) is 0 Å². The summed E-state index contributed by atoms with van der Waals surface area (Å²) < 4.78 is 11.1. The third-order valence-corrected chi connectivity index (χ3v) is 3.55. The SMILES string of the molecule is CC(C)C(N)COc1ccccc1CCCNC(=O)OC(C)(C)C. The molecular formula is C19H32N2O3. The van der Waals surface area contributed by atoms with Crippen molar-refractivity contribution in [3.05, 3.63) is 29.8 Å². The maximum absolute atomic E-state index is 11.6. The van der Waals surface area contributed by atoms with Crippen molar-refractivity contribution in [3.63, 3.8) is 0 Å². The number of carbonyl (C=O) groups is 1. The number of benzene rings is 1. The van der Waals surface area contributed by atoms with E-state index in [0.717, 1.165) is 24.2 Å². The van der Waals surface area contributed by atoms with Gasteiger partial charge >= 0.3 is 6.09 Å². The van der Waals surface area contributed by atoms with E-state index in [1.54, 1.807) is 0 Å². The van der Waals surface area contributed by atoms with Crippen molar-refractivity contribution < 1.29 is 14.3 Å². The van der Waals surface area contributed by atoms with Gasteiger partial charge in [0, 0.05) is 12.6 Å². The van der Waals surface area contributed by atoms with Gasteiger partial charge in [0.05, 0.1) is 0 Å². The molecule has 0 aliphatic rings. The predicted molar refractivity (Wildman–Crippen MR) is 97.3 cm³/mol. The first-order valence-corrected chi connectivity index (χ1v) is 8.62. The second-order valence-corrected chi connectivity index (χ2v) is 7.36. The highest BCUT2D eigenvalue weighted by Gasteiger charge is 2.15. The minimum atomic E-state index is -0.473. The van der Waals surface area contributed by atoms with Crippen LogP contribution in [0, 0.1) is 5.92 Å². The topological polar surface area (TPSA) is 73.6 Å². The minimum absolute atomic E-state index is 0.0203. The predicted octanol–water partition coefficient (Wildman–Crippen LogP) is 3.51. The van der Waals surface area contributed by atoms with Crippen LogP contribution in [0.4, 0.5) is 4.79 Å². The van der Waals surface area contributed by atoms with Gasteiger partial charge in [0.1, 0.15) is 18.0 Å². The number of para-hydroxylation sites is 1. The van der Waals surface area contributed by atoms with Gasteiger partial charge in [0.25, 0.3) is 0 Å². The number of carbonyl (C=O) groups excluding carboxylic acids is 1. The molecule has 1 amide bonds. The number of nitrogens with one attached hydrogen (secondary N) is 1. The second kappa shape index (κ2) is 9.52. The Hall–Kier alpha value is -1.75. The molecule has 0 saturated heterocycles. The standard InChI is InChI=1S/C19H32N2O3/c1-14(2)16(20)13-23-17-11-7-6-9-15(17)10-8-12-21-18(22)24-19(3,4)5/h6-7,9,11,14,16H,8,10,12-13,20H2,1-5H3,(H,21,22). The first kappa shape index (κ1) is 20.3. The third kappa shape index (κ3) is 8.20. The highest BCUT2D eigenvalue weighted by molar-refractivity contribution is 5.67. The third-order valence-electron chi connectivity index (χ3n) is 3.55. The molecule has 0 saturated carbocycles. The molecular weight excluding hydrogens is 304 g/mol. The maximum Gasteiger partial charge on any atom is 0.407 e. The molecule has 136 valence electrons. The zero-order valence-electron chi connectivity index (χ0n) is 15.6. The molecule has 0 radical (unpaired) electrons. The molecule has 1 unspecified atom stereocenters. The van der Waals surface area contributed by atoms with E-state index in [2.05, 4.69) is 19.2 Å². The summed E-state index contributed by atoms with van der Waals surface area (Å²) in [5.41, 5.74) is 6.69. The maximum atomic E-state index is 11.6. The van der Waals surface area contributed by atoms with Gasteiger partial charge in [-0.25, -0.2) is 4.79 Å². The highest BCUT2D eigenvalue weighted by Crippen LogP contribution is 2.20. The van der Waals surface area contributed by atoms with Gasteiger partial charge in [-0.15, -0.1) is 0 Å². The van der Waals surface area contributed by atoms with E-state index in [0.29, 0.717) is 19.1 Å². The summed E-state index contributed by atoms with van der Waals surface area (Å²) in [6, 6.07) is 7.98. The summed E-state index contributed by atoms with van der Waals surface area (Å²) in [6.45, 7) is 10.8. The molecule has 24 heavy (non-hydrogen) atoms. The molecule has 1 rings (SSSR count). The Kier molecular flexibility index (Phi) is 8.05. The van der Waals surface area contributed by atoms with Crippen LogP contribution < -0.4 is 15.8 Å². The van der Waals surface area contributed by atoms with Gasteiger partial charge in [-0.2, -0.15) is 0 Å². The molecule has 3 N–H and O–H groups in total. The van der Waals surface area contributed by atoms with Gasteiger partial charge in [0.2, 0.25) is 0 Å². The van der Waals surface area contributed by atoms with E-state index in [1.165, 1.54) is 0 Å². The molecule has 0 bridgehead atoms. The van der Waals surface area contributed by atoms with Gasteiger partial charge in [-0.1, -0.05) is 32.0 Å².